The zero-order chi connectivity index (χ0) is 23.9. The van der Waals surface area contributed by atoms with E-state index in [9.17, 15) is 4.79 Å². The number of rotatable bonds is 8. The van der Waals surface area contributed by atoms with Gasteiger partial charge in [-0.15, -0.1) is 0 Å². The number of hydrogen-bond acceptors (Lipinski definition) is 4. The van der Waals surface area contributed by atoms with Gasteiger partial charge in [0.05, 0.1) is 6.10 Å². The van der Waals surface area contributed by atoms with Crippen LogP contribution in [-0.2, 0) is 6.54 Å². The Morgan fingerprint density at radius 3 is 2.29 bits per heavy atom. The lowest BCUT2D eigenvalue weighted by Crippen LogP contribution is -2.46. The molecule has 0 saturated carbocycles. The van der Waals surface area contributed by atoms with Crippen molar-refractivity contribution in [3.8, 4) is 5.75 Å². The number of halogens is 1. The fourth-order valence-electron chi connectivity index (χ4n) is 3.99. The van der Waals surface area contributed by atoms with E-state index in [1.165, 1.54) is 11.3 Å². The van der Waals surface area contributed by atoms with Crippen molar-refractivity contribution in [3.05, 3.63) is 88.9 Å². The zero-order valence-electron chi connectivity index (χ0n) is 19.8. The first-order valence-electron chi connectivity index (χ1n) is 11.9. The highest BCUT2D eigenvalue weighted by Crippen LogP contribution is 2.23. The molecule has 0 spiro atoms. The van der Waals surface area contributed by atoms with Crippen molar-refractivity contribution < 1.29 is 9.53 Å². The highest BCUT2D eigenvalue weighted by Gasteiger charge is 2.18. The molecule has 0 bridgehead atoms. The van der Waals surface area contributed by atoms with Gasteiger partial charge in [-0.05, 0) is 73.5 Å². The van der Waals surface area contributed by atoms with Gasteiger partial charge in [0.15, 0.2) is 0 Å². The van der Waals surface area contributed by atoms with Gasteiger partial charge in [0.25, 0.3) is 5.91 Å². The van der Waals surface area contributed by atoms with Crippen LogP contribution in [0.4, 0.5) is 11.4 Å². The van der Waals surface area contributed by atoms with Crippen LogP contribution in [0.1, 0.15) is 36.2 Å². The van der Waals surface area contributed by atoms with E-state index in [4.69, 9.17) is 16.3 Å². The molecular formula is C28H32ClN3O2. The molecule has 1 heterocycles. The topological polar surface area (TPSA) is 44.8 Å². The number of piperazine rings is 1. The summed E-state index contributed by atoms with van der Waals surface area (Å²) in [4.78, 5) is 17.4. The zero-order valence-corrected chi connectivity index (χ0v) is 20.6. The van der Waals surface area contributed by atoms with Gasteiger partial charge in [0, 0.05) is 54.7 Å². The molecule has 3 aromatic carbocycles. The average molecular weight is 478 g/mol. The number of carbonyl (C=O) groups is 1. The van der Waals surface area contributed by atoms with Crippen LogP contribution in [0.25, 0.3) is 0 Å². The van der Waals surface area contributed by atoms with Gasteiger partial charge in [-0.3, -0.25) is 9.69 Å². The smallest absolute Gasteiger partial charge is 0.255 e. The van der Waals surface area contributed by atoms with Gasteiger partial charge in [0.2, 0.25) is 0 Å². The molecule has 0 aromatic heterocycles. The molecule has 34 heavy (non-hydrogen) atoms. The molecule has 1 saturated heterocycles. The van der Waals surface area contributed by atoms with Gasteiger partial charge in [-0.2, -0.15) is 0 Å². The molecule has 4 rings (SSSR count). The van der Waals surface area contributed by atoms with Crippen LogP contribution in [0.3, 0.4) is 0 Å². The van der Waals surface area contributed by atoms with Gasteiger partial charge in [0.1, 0.15) is 5.75 Å². The fourth-order valence-corrected chi connectivity index (χ4v) is 4.19. The molecule has 178 valence electrons. The minimum atomic E-state index is -0.129. The number of amides is 1. The van der Waals surface area contributed by atoms with E-state index in [0.717, 1.165) is 55.6 Å². The normalized spacial score (nSPS) is 15.1. The van der Waals surface area contributed by atoms with Crippen LogP contribution in [-0.4, -0.2) is 43.1 Å². The molecule has 1 aliphatic heterocycles. The summed E-state index contributed by atoms with van der Waals surface area (Å²) >= 11 is 6.32. The fraction of sp³-hybridized carbons (Fsp3) is 0.321. The van der Waals surface area contributed by atoms with Crippen molar-refractivity contribution in [1.82, 2.24) is 4.90 Å². The van der Waals surface area contributed by atoms with Crippen molar-refractivity contribution >= 4 is 28.9 Å². The molecule has 1 fully saturated rings. The molecule has 0 radical (unpaired) electrons. The van der Waals surface area contributed by atoms with Gasteiger partial charge >= 0.3 is 0 Å². The number of hydrogen-bond donors (Lipinski definition) is 1. The summed E-state index contributed by atoms with van der Waals surface area (Å²) in [5, 5.41) is 3.81. The molecule has 0 aliphatic carbocycles. The Morgan fingerprint density at radius 2 is 1.65 bits per heavy atom. The van der Waals surface area contributed by atoms with Crippen molar-refractivity contribution in [1.29, 1.82) is 0 Å². The largest absolute Gasteiger partial charge is 0.491 e. The highest BCUT2D eigenvalue weighted by molar-refractivity contribution is 6.31. The van der Waals surface area contributed by atoms with Crippen molar-refractivity contribution in [2.24, 2.45) is 0 Å². The van der Waals surface area contributed by atoms with Gasteiger partial charge in [-0.1, -0.05) is 36.7 Å². The number of benzene rings is 3. The Balaban J connectivity index is 1.28. The minimum absolute atomic E-state index is 0.129. The van der Waals surface area contributed by atoms with E-state index in [1.54, 1.807) is 12.1 Å². The highest BCUT2D eigenvalue weighted by atomic mass is 35.5. The lowest BCUT2D eigenvalue weighted by molar-refractivity contribution is 0.102. The summed E-state index contributed by atoms with van der Waals surface area (Å²) in [6.07, 6.45) is 1.10. The maximum absolute atomic E-state index is 12.6. The second-order valence-electron chi connectivity index (χ2n) is 8.72. The van der Waals surface area contributed by atoms with Crippen LogP contribution in [0, 0.1) is 0 Å². The third-order valence-electron chi connectivity index (χ3n) is 6.24. The molecule has 3 aromatic rings. The lowest BCUT2D eigenvalue weighted by atomic mass is 10.1. The van der Waals surface area contributed by atoms with E-state index in [1.807, 2.05) is 49.4 Å². The molecule has 1 amide bonds. The maximum atomic E-state index is 12.6. The van der Waals surface area contributed by atoms with Gasteiger partial charge in [-0.25, -0.2) is 0 Å². The van der Waals surface area contributed by atoms with Gasteiger partial charge < -0.3 is 15.0 Å². The second kappa shape index (κ2) is 11.4. The summed E-state index contributed by atoms with van der Waals surface area (Å²) in [5.74, 6) is 0.651. The molecule has 6 heteroatoms. The minimum Gasteiger partial charge on any atom is -0.491 e. The summed E-state index contributed by atoms with van der Waals surface area (Å²) in [5.41, 5.74) is 3.73. The predicted molar refractivity (Wildman–Crippen MR) is 140 cm³/mol. The summed E-state index contributed by atoms with van der Waals surface area (Å²) in [6, 6.07) is 23.4. The van der Waals surface area contributed by atoms with Crippen LogP contribution < -0.4 is 15.0 Å². The standard InChI is InChI=1S/C28H32ClN3O2/c1-3-21(2)34-26-14-8-22(9-15-26)28(33)30-24-10-12-25(13-11-24)32-18-16-31(17-19-32)20-23-6-4-5-7-27(23)29/h4-15,21H,3,16-20H2,1-2H3,(H,30,33). The summed E-state index contributed by atoms with van der Waals surface area (Å²) in [6.45, 7) is 8.89. The average Bonchev–Trinajstić information content (AvgIpc) is 2.87. The van der Waals surface area contributed by atoms with E-state index >= 15 is 0 Å². The number of nitrogens with zero attached hydrogens (tertiary/aromatic N) is 2. The van der Waals surface area contributed by atoms with Crippen molar-refractivity contribution in [3.63, 3.8) is 0 Å². The van der Waals surface area contributed by atoms with Crippen molar-refractivity contribution in [2.75, 3.05) is 36.4 Å². The summed E-state index contributed by atoms with van der Waals surface area (Å²) < 4.78 is 5.78. The number of carbonyl (C=O) groups excluding carboxylic acids is 1. The Bertz CT molecular complexity index is 1080. The van der Waals surface area contributed by atoms with Crippen LogP contribution in [0.2, 0.25) is 5.02 Å². The second-order valence-corrected chi connectivity index (χ2v) is 9.12. The molecule has 1 unspecified atom stereocenters. The third kappa shape index (κ3) is 6.31. The third-order valence-corrected chi connectivity index (χ3v) is 6.61. The Labute approximate surface area is 207 Å². The quantitative estimate of drug-likeness (QED) is 0.426. The lowest BCUT2D eigenvalue weighted by Gasteiger charge is -2.36. The van der Waals surface area contributed by atoms with E-state index in [-0.39, 0.29) is 12.0 Å². The first-order chi connectivity index (χ1) is 16.5. The Hall–Kier alpha value is -3.02. The predicted octanol–water partition coefficient (Wildman–Crippen LogP) is 6.09. The monoisotopic (exact) mass is 477 g/mol. The molecule has 1 aliphatic rings. The first-order valence-corrected chi connectivity index (χ1v) is 12.3. The van der Waals surface area contributed by atoms with E-state index < -0.39 is 0 Å². The summed E-state index contributed by atoms with van der Waals surface area (Å²) in [7, 11) is 0. The maximum Gasteiger partial charge on any atom is 0.255 e. The van der Waals surface area contributed by atoms with E-state index in [2.05, 4.69) is 40.2 Å². The number of ether oxygens (including phenoxy) is 1. The SMILES string of the molecule is CCC(C)Oc1ccc(C(=O)Nc2ccc(N3CCN(Cc4ccccc4Cl)CC3)cc2)cc1. The number of anilines is 2. The van der Waals surface area contributed by atoms with Crippen LogP contribution >= 0.6 is 11.6 Å². The van der Waals surface area contributed by atoms with Crippen molar-refractivity contribution in [2.45, 2.75) is 32.9 Å². The molecule has 1 N–H and O–H groups in total. The molecule has 1 atom stereocenters. The van der Waals surface area contributed by atoms with Crippen LogP contribution in [0.15, 0.2) is 72.8 Å². The molecular weight excluding hydrogens is 446 g/mol. The van der Waals surface area contributed by atoms with E-state index in [0.29, 0.717) is 5.56 Å². The Morgan fingerprint density at radius 1 is 0.971 bits per heavy atom. The first kappa shape index (κ1) is 24.1. The molecule has 5 nitrogen and oxygen atoms in total. The Kier molecular flexibility index (Phi) is 8.09. The number of nitrogens with one attached hydrogen (secondary N) is 1. The van der Waals surface area contributed by atoms with Crippen LogP contribution in [0.5, 0.6) is 5.75 Å².